The van der Waals surface area contributed by atoms with Crippen molar-refractivity contribution < 1.29 is 19.4 Å². The van der Waals surface area contributed by atoms with Crippen LogP contribution in [0.3, 0.4) is 0 Å². The van der Waals surface area contributed by atoms with Crippen molar-refractivity contribution in [3.05, 3.63) is 28.2 Å². The zero-order valence-corrected chi connectivity index (χ0v) is 12.2. The Balaban J connectivity index is 2.68. The summed E-state index contributed by atoms with van der Waals surface area (Å²) in [5.74, 6) is -0.111. The van der Waals surface area contributed by atoms with Gasteiger partial charge < -0.3 is 15.2 Å². The van der Waals surface area contributed by atoms with Gasteiger partial charge in [0.15, 0.2) is 6.10 Å². The zero-order chi connectivity index (χ0) is 14.4. The van der Waals surface area contributed by atoms with Crippen LogP contribution in [0.4, 0.5) is 4.79 Å². The fraction of sp³-hybridized carbons (Fsp3) is 0.333. The van der Waals surface area contributed by atoms with Crippen molar-refractivity contribution in [1.82, 2.24) is 10.6 Å². The molecule has 0 aliphatic rings. The Morgan fingerprint density at radius 1 is 1.47 bits per heavy atom. The van der Waals surface area contributed by atoms with Gasteiger partial charge in [-0.05, 0) is 30.7 Å². The smallest absolute Gasteiger partial charge is 0.321 e. The molecule has 0 radical (unpaired) electrons. The molecule has 1 atom stereocenters. The van der Waals surface area contributed by atoms with E-state index < -0.39 is 18.0 Å². The van der Waals surface area contributed by atoms with Crippen molar-refractivity contribution in [2.45, 2.75) is 19.6 Å². The second kappa shape index (κ2) is 7.10. The molecular weight excluding hydrogens is 316 g/mol. The molecule has 1 aromatic rings. The second-order valence-electron chi connectivity index (χ2n) is 3.74. The average molecular weight is 331 g/mol. The van der Waals surface area contributed by atoms with Crippen molar-refractivity contribution in [1.29, 1.82) is 0 Å². The van der Waals surface area contributed by atoms with Gasteiger partial charge in [0, 0.05) is 11.5 Å². The Bertz CT molecular complexity index is 479. The summed E-state index contributed by atoms with van der Waals surface area (Å²) in [6.07, 6.45) is -0.829. The molecule has 104 valence electrons. The highest BCUT2D eigenvalue weighted by Crippen LogP contribution is 2.23. The number of halogens is 1. The summed E-state index contributed by atoms with van der Waals surface area (Å²) < 4.78 is 6.15. The highest BCUT2D eigenvalue weighted by molar-refractivity contribution is 9.10. The van der Waals surface area contributed by atoms with Crippen molar-refractivity contribution in [3.63, 3.8) is 0 Å². The first-order valence-corrected chi connectivity index (χ1v) is 6.35. The van der Waals surface area contributed by atoms with Crippen LogP contribution in [0.25, 0.3) is 0 Å². The molecule has 6 nitrogen and oxygen atoms in total. The minimum atomic E-state index is -0.829. The highest BCUT2D eigenvalue weighted by Gasteiger charge is 2.17. The molecule has 0 aliphatic heterocycles. The number of rotatable bonds is 4. The minimum absolute atomic E-state index is 0.142. The number of benzene rings is 1. The van der Waals surface area contributed by atoms with Crippen LogP contribution in [0.15, 0.2) is 22.7 Å². The third-order valence-corrected chi connectivity index (χ3v) is 3.11. The number of hydrogen-bond acceptors (Lipinski definition) is 4. The number of imide groups is 1. The van der Waals surface area contributed by atoms with Crippen LogP contribution >= 0.6 is 15.9 Å². The maximum absolute atomic E-state index is 11.6. The summed E-state index contributed by atoms with van der Waals surface area (Å²) in [4.78, 5) is 22.6. The molecule has 1 rings (SSSR count). The lowest BCUT2D eigenvalue weighted by atomic mass is 10.2. The number of aliphatic hydroxyl groups is 1. The number of hydrogen-bond donors (Lipinski definition) is 3. The quantitative estimate of drug-likeness (QED) is 0.773. The van der Waals surface area contributed by atoms with Crippen LogP contribution in [0.1, 0.15) is 12.5 Å². The van der Waals surface area contributed by atoms with E-state index in [9.17, 15) is 9.59 Å². The van der Waals surface area contributed by atoms with Gasteiger partial charge in [-0.2, -0.15) is 0 Å². The number of aliphatic hydroxyl groups excluding tert-OH is 1. The van der Waals surface area contributed by atoms with E-state index in [1.165, 1.54) is 14.0 Å². The Morgan fingerprint density at radius 2 is 2.16 bits per heavy atom. The first-order valence-electron chi connectivity index (χ1n) is 5.56. The van der Waals surface area contributed by atoms with Crippen LogP contribution in [0.2, 0.25) is 0 Å². The normalized spacial score (nSPS) is 11.6. The Kier molecular flexibility index (Phi) is 5.78. The van der Waals surface area contributed by atoms with Gasteiger partial charge in [0.25, 0.3) is 5.91 Å². The summed E-state index contributed by atoms with van der Waals surface area (Å²) >= 11 is 3.28. The SMILES string of the molecule is CNC(=O)NC(=O)C(C)Oc1ccc(Br)c(CO)c1. The van der Waals surface area contributed by atoms with Crippen molar-refractivity contribution in [2.24, 2.45) is 0 Å². The molecule has 3 amide bonds. The third-order valence-electron chi connectivity index (χ3n) is 2.33. The van der Waals surface area contributed by atoms with Gasteiger partial charge in [-0.3, -0.25) is 10.1 Å². The van der Waals surface area contributed by atoms with Crippen molar-refractivity contribution in [3.8, 4) is 5.75 Å². The van der Waals surface area contributed by atoms with Crippen molar-refractivity contribution in [2.75, 3.05) is 7.05 Å². The van der Waals surface area contributed by atoms with E-state index in [1.54, 1.807) is 18.2 Å². The molecule has 0 saturated heterocycles. The number of carbonyl (C=O) groups excluding carboxylic acids is 2. The molecule has 0 aliphatic carbocycles. The fourth-order valence-electron chi connectivity index (χ4n) is 1.28. The standard InChI is InChI=1S/C12H15BrN2O4/c1-7(11(17)15-12(18)14-2)19-9-3-4-10(13)8(5-9)6-16/h3-5,7,16H,6H2,1-2H3,(H2,14,15,17,18). The van der Waals surface area contributed by atoms with Gasteiger partial charge in [0.2, 0.25) is 0 Å². The molecule has 7 heteroatoms. The maximum Gasteiger partial charge on any atom is 0.321 e. The van der Waals surface area contributed by atoms with Gasteiger partial charge in [-0.25, -0.2) is 4.79 Å². The predicted molar refractivity (Wildman–Crippen MR) is 72.8 cm³/mol. The number of carbonyl (C=O) groups is 2. The molecule has 0 heterocycles. The van der Waals surface area contributed by atoms with E-state index in [0.717, 1.165) is 4.47 Å². The van der Waals surface area contributed by atoms with E-state index in [2.05, 4.69) is 26.6 Å². The Hall–Kier alpha value is -1.60. The van der Waals surface area contributed by atoms with Crippen LogP contribution in [0, 0.1) is 0 Å². The van der Waals surface area contributed by atoms with Gasteiger partial charge in [-0.1, -0.05) is 15.9 Å². The molecule has 1 unspecified atom stereocenters. The lowest BCUT2D eigenvalue weighted by Gasteiger charge is -2.15. The largest absolute Gasteiger partial charge is 0.481 e. The summed E-state index contributed by atoms with van der Waals surface area (Å²) in [7, 11) is 1.41. The molecule has 19 heavy (non-hydrogen) atoms. The molecule has 0 saturated carbocycles. The van der Waals surface area contributed by atoms with Gasteiger partial charge >= 0.3 is 6.03 Å². The van der Waals surface area contributed by atoms with Gasteiger partial charge in [-0.15, -0.1) is 0 Å². The first-order chi connectivity index (χ1) is 8.97. The summed E-state index contributed by atoms with van der Waals surface area (Å²) in [5.41, 5.74) is 0.649. The molecule has 0 fully saturated rings. The van der Waals surface area contributed by atoms with E-state index in [0.29, 0.717) is 11.3 Å². The first kappa shape index (κ1) is 15.5. The zero-order valence-electron chi connectivity index (χ0n) is 10.6. The van der Waals surface area contributed by atoms with Gasteiger partial charge in [0.1, 0.15) is 5.75 Å². The number of amides is 3. The lowest BCUT2D eigenvalue weighted by molar-refractivity contribution is -0.126. The molecule has 0 spiro atoms. The van der Waals surface area contributed by atoms with E-state index in [4.69, 9.17) is 9.84 Å². The van der Waals surface area contributed by atoms with Crippen LogP contribution < -0.4 is 15.4 Å². The second-order valence-corrected chi connectivity index (χ2v) is 4.59. The number of ether oxygens (including phenoxy) is 1. The van der Waals surface area contributed by atoms with Crippen LogP contribution in [-0.4, -0.2) is 30.2 Å². The van der Waals surface area contributed by atoms with E-state index in [1.807, 2.05) is 0 Å². The Morgan fingerprint density at radius 3 is 2.74 bits per heavy atom. The highest BCUT2D eigenvalue weighted by atomic mass is 79.9. The Labute approximate surface area is 119 Å². The van der Waals surface area contributed by atoms with Crippen molar-refractivity contribution >= 4 is 27.9 Å². The molecular formula is C12H15BrN2O4. The summed E-state index contributed by atoms with van der Waals surface area (Å²) in [6, 6.07) is 4.40. The topological polar surface area (TPSA) is 87.7 Å². The fourth-order valence-corrected chi connectivity index (χ4v) is 1.65. The lowest BCUT2D eigenvalue weighted by Crippen LogP contribution is -2.43. The number of urea groups is 1. The maximum atomic E-state index is 11.6. The third kappa shape index (κ3) is 4.53. The summed E-state index contributed by atoms with van der Waals surface area (Å²) in [5, 5.41) is 13.5. The van der Waals surface area contributed by atoms with E-state index >= 15 is 0 Å². The van der Waals surface area contributed by atoms with Crippen LogP contribution in [0.5, 0.6) is 5.75 Å². The van der Waals surface area contributed by atoms with Gasteiger partial charge in [0.05, 0.1) is 6.61 Å². The molecule has 0 bridgehead atoms. The minimum Gasteiger partial charge on any atom is -0.481 e. The number of nitrogens with one attached hydrogen (secondary N) is 2. The van der Waals surface area contributed by atoms with E-state index in [-0.39, 0.29) is 6.61 Å². The molecule has 1 aromatic carbocycles. The monoisotopic (exact) mass is 330 g/mol. The predicted octanol–water partition coefficient (Wildman–Crippen LogP) is 1.16. The summed E-state index contributed by atoms with van der Waals surface area (Å²) in [6.45, 7) is 1.38. The average Bonchev–Trinajstić information content (AvgIpc) is 2.40. The molecule has 0 aromatic heterocycles. The van der Waals surface area contributed by atoms with Crippen LogP contribution in [-0.2, 0) is 11.4 Å². The molecule has 3 N–H and O–H groups in total.